The van der Waals surface area contributed by atoms with Crippen molar-refractivity contribution in [2.24, 2.45) is 16.7 Å². The summed E-state index contributed by atoms with van der Waals surface area (Å²) in [7, 11) is 0. The van der Waals surface area contributed by atoms with Gasteiger partial charge in [0.1, 0.15) is 29.2 Å². The number of carbonyl (C=O) groups is 4. The highest BCUT2D eigenvalue weighted by Crippen LogP contribution is 2.63. The molecule has 0 aromatic rings. The quantitative estimate of drug-likeness (QED) is 0.282. The minimum atomic E-state index is -1.87. The average molecular weight is 552 g/mol. The van der Waals surface area contributed by atoms with Gasteiger partial charge < -0.3 is 34.8 Å². The van der Waals surface area contributed by atoms with Crippen molar-refractivity contribution in [1.29, 1.82) is 0 Å². The Balaban J connectivity index is 1.82. The lowest BCUT2D eigenvalue weighted by Crippen LogP contribution is -2.77. The van der Waals surface area contributed by atoms with Gasteiger partial charge in [0.25, 0.3) is 0 Å². The molecule has 4 aliphatic rings. The number of esters is 2. The Hall–Kier alpha value is -2.34. The lowest BCUT2D eigenvalue weighted by Gasteiger charge is -2.65. The van der Waals surface area contributed by atoms with E-state index >= 15 is 0 Å². The molecule has 2 saturated carbocycles. The molecule has 1 aliphatic heterocycles. The molecule has 4 rings (SSSR count). The Morgan fingerprint density at radius 2 is 1.77 bits per heavy atom. The van der Waals surface area contributed by atoms with Crippen molar-refractivity contribution >= 4 is 23.6 Å². The van der Waals surface area contributed by atoms with Gasteiger partial charge in [-0.2, -0.15) is 0 Å². The first-order valence-electron chi connectivity index (χ1n) is 13.5. The van der Waals surface area contributed by atoms with Crippen LogP contribution in [0.3, 0.4) is 0 Å². The molecule has 3 fully saturated rings. The standard InChI is InChI=1S/C28H41NO10/c1-13-17-10-19(32)26(7)9-8-20-27(35,12-37-20)22(26)23(38-16(4)31)28(36,25(17,5)6)11-18(13)39-24(34)21(33)14(2)29-15(3)30/h14,18,20-23,33,35-36H,8-12H2,1-7H3,(H,29,30)/t14-,18?,20+,21+,22-,23-,26-,27-,28+/m0/s1. The maximum absolute atomic E-state index is 14.0. The van der Waals surface area contributed by atoms with E-state index in [1.165, 1.54) is 20.8 Å². The smallest absolute Gasteiger partial charge is 0.337 e. The third-order valence-corrected chi connectivity index (χ3v) is 9.96. The number of Topliss-reactive ketones (excluding diaryl/α,β-unsaturated/α-hetero) is 1. The van der Waals surface area contributed by atoms with Gasteiger partial charge in [-0.1, -0.05) is 26.3 Å². The first-order chi connectivity index (χ1) is 17.9. The summed E-state index contributed by atoms with van der Waals surface area (Å²) in [4.78, 5) is 50.9. The summed E-state index contributed by atoms with van der Waals surface area (Å²) < 4.78 is 17.2. The number of rotatable bonds is 5. The van der Waals surface area contributed by atoms with Gasteiger partial charge in [-0.05, 0) is 32.3 Å². The summed E-state index contributed by atoms with van der Waals surface area (Å²) in [6.07, 6.45) is -4.06. The number of ketones is 1. The number of nitrogens with one attached hydrogen (secondary N) is 1. The predicted octanol–water partition coefficient (Wildman–Crippen LogP) is 0.712. The minimum Gasteiger partial charge on any atom is -0.459 e. The van der Waals surface area contributed by atoms with Gasteiger partial charge in [0.15, 0.2) is 6.10 Å². The van der Waals surface area contributed by atoms with Gasteiger partial charge in [0, 0.05) is 43.4 Å². The lowest BCUT2D eigenvalue weighted by atomic mass is 9.46. The Bertz CT molecular complexity index is 1120. The van der Waals surface area contributed by atoms with Crippen LogP contribution in [0.15, 0.2) is 11.1 Å². The third kappa shape index (κ3) is 4.42. The Morgan fingerprint density at radius 3 is 2.31 bits per heavy atom. The molecule has 11 nitrogen and oxygen atoms in total. The number of ether oxygens (including phenoxy) is 3. The molecule has 3 aliphatic carbocycles. The average Bonchev–Trinajstić information content (AvgIpc) is 2.81. The van der Waals surface area contributed by atoms with Crippen LogP contribution in [0.1, 0.15) is 74.1 Å². The van der Waals surface area contributed by atoms with E-state index in [-0.39, 0.29) is 25.2 Å². The summed E-state index contributed by atoms with van der Waals surface area (Å²) in [6, 6.07) is -0.931. The van der Waals surface area contributed by atoms with E-state index in [1.807, 2.05) is 0 Å². The number of hydrogen-bond donors (Lipinski definition) is 4. The number of carbonyl (C=O) groups excluding carboxylic acids is 4. The SMILES string of the molecule is CC(=O)N[C@@H](C)[C@@H](O)C(=O)OC1C[C@@]2(O)[C@@H](OC(C)=O)[C@@H]3[C@]4(O)CO[C@@H]4CC[C@@]3(C)C(=O)CC(=C1C)C2(C)C. The van der Waals surface area contributed by atoms with Crippen LogP contribution in [-0.4, -0.2) is 87.2 Å². The molecule has 11 heteroatoms. The second kappa shape index (κ2) is 9.64. The first kappa shape index (κ1) is 29.6. The second-order valence-electron chi connectivity index (χ2n) is 12.6. The molecule has 4 N–H and O–H groups in total. The van der Waals surface area contributed by atoms with Crippen molar-refractivity contribution in [3.05, 3.63) is 11.1 Å². The largest absolute Gasteiger partial charge is 0.459 e. The molecular formula is C28H41NO10. The highest BCUT2D eigenvalue weighted by Gasteiger charge is 2.73. The maximum Gasteiger partial charge on any atom is 0.337 e. The fourth-order valence-electron chi connectivity index (χ4n) is 7.44. The zero-order valence-corrected chi connectivity index (χ0v) is 23.7. The number of aliphatic hydroxyl groups is 3. The van der Waals surface area contributed by atoms with Crippen LogP contribution in [-0.2, 0) is 33.4 Å². The molecule has 0 aromatic carbocycles. The van der Waals surface area contributed by atoms with E-state index in [4.69, 9.17) is 14.2 Å². The van der Waals surface area contributed by atoms with Crippen LogP contribution >= 0.6 is 0 Å². The Kier molecular flexibility index (Phi) is 7.33. The summed E-state index contributed by atoms with van der Waals surface area (Å²) in [5, 5.41) is 37.4. The van der Waals surface area contributed by atoms with E-state index < -0.39 is 76.3 Å². The van der Waals surface area contributed by atoms with E-state index in [1.54, 1.807) is 27.7 Å². The monoisotopic (exact) mass is 551 g/mol. The zero-order valence-electron chi connectivity index (χ0n) is 23.7. The topological polar surface area (TPSA) is 169 Å². The van der Waals surface area contributed by atoms with Crippen molar-refractivity contribution in [3.63, 3.8) is 0 Å². The molecule has 1 saturated heterocycles. The van der Waals surface area contributed by atoms with Crippen molar-refractivity contribution in [1.82, 2.24) is 5.32 Å². The van der Waals surface area contributed by atoms with Gasteiger partial charge >= 0.3 is 11.9 Å². The van der Waals surface area contributed by atoms with Gasteiger partial charge in [-0.15, -0.1) is 0 Å². The van der Waals surface area contributed by atoms with Crippen LogP contribution in [0.25, 0.3) is 0 Å². The molecule has 0 spiro atoms. The number of aliphatic hydroxyl groups excluding tert-OH is 1. The van der Waals surface area contributed by atoms with E-state index in [0.29, 0.717) is 24.0 Å². The van der Waals surface area contributed by atoms with Gasteiger partial charge in [-0.3, -0.25) is 14.4 Å². The van der Waals surface area contributed by atoms with Crippen LogP contribution < -0.4 is 5.32 Å². The number of fused-ring (bicyclic) bond motifs is 5. The van der Waals surface area contributed by atoms with Crippen LogP contribution in [0.5, 0.6) is 0 Å². The Morgan fingerprint density at radius 1 is 1.13 bits per heavy atom. The molecule has 1 amide bonds. The molecule has 1 unspecified atom stereocenters. The molecule has 0 radical (unpaired) electrons. The van der Waals surface area contributed by atoms with Crippen LogP contribution in [0, 0.1) is 16.7 Å². The summed E-state index contributed by atoms with van der Waals surface area (Å²) >= 11 is 0. The predicted molar refractivity (Wildman–Crippen MR) is 136 cm³/mol. The number of hydrogen-bond acceptors (Lipinski definition) is 10. The maximum atomic E-state index is 14.0. The van der Waals surface area contributed by atoms with Crippen molar-refractivity contribution in [2.45, 2.75) is 116 Å². The van der Waals surface area contributed by atoms with E-state index in [9.17, 15) is 34.5 Å². The second-order valence-corrected chi connectivity index (χ2v) is 12.6. The fraction of sp³-hybridized carbons (Fsp3) is 0.786. The van der Waals surface area contributed by atoms with E-state index in [2.05, 4.69) is 5.32 Å². The molecule has 0 aromatic heterocycles. The summed E-state index contributed by atoms with van der Waals surface area (Å²) in [5.41, 5.74) is -4.48. The van der Waals surface area contributed by atoms with Gasteiger partial charge in [-0.25, -0.2) is 4.79 Å². The highest BCUT2D eigenvalue weighted by atomic mass is 16.6. The lowest BCUT2D eigenvalue weighted by molar-refractivity contribution is -0.329. The molecule has 218 valence electrons. The van der Waals surface area contributed by atoms with Crippen LogP contribution in [0.2, 0.25) is 0 Å². The van der Waals surface area contributed by atoms with E-state index in [0.717, 1.165) is 0 Å². The first-order valence-corrected chi connectivity index (χ1v) is 13.5. The highest BCUT2D eigenvalue weighted by molar-refractivity contribution is 5.88. The van der Waals surface area contributed by atoms with Crippen molar-refractivity contribution in [2.75, 3.05) is 6.61 Å². The fourth-order valence-corrected chi connectivity index (χ4v) is 7.44. The molecule has 2 bridgehead atoms. The number of amides is 1. The molecule has 9 atom stereocenters. The Labute approximate surface area is 228 Å². The zero-order chi connectivity index (χ0) is 29.3. The molecule has 1 heterocycles. The third-order valence-electron chi connectivity index (χ3n) is 9.96. The van der Waals surface area contributed by atoms with Gasteiger partial charge in [0.2, 0.25) is 5.91 Å². The summed E-state index contributed by atoms with van der Waals surface area (Å²) in [5.74, 6) is -3.27. The van der Waals surface area contributed by atoms with Crippen molar-refractivity contribution in [3.8, 4) is 0 Å². The van der Waals surface area contributed by atoms with Crippen molar-refractivity contribution < 1.29 is 48.7 Å². The summed E-state index contributed by atoms with van der Waals surface area (Å²) in [6.45, 7) is 10.8. The minimum absolute atomic E-state index is 0.0541. The molecular weight excluding hydrogens is 510 g/mol. The van der Waals surface area contributed by atoms with Crippen LogP contribution in [0.4, 0.5) is 0 Å². The molecule has 39 heavy (non-hydrogen) atoms. The normalized spacial score (nSPS) is 40.5. The van der Waals surface area contributed by atoms with Gasteiger partial charge in [0.05, 0.1) is 18.8 Å².